The molecule has 0 aliphatic carbocycles. The van der Waals surface area contributed by atoms with Crippen molar-refractivity contribution in [2.24, 2.45) is 0 Å². The van der Waals surface area contributed by atoms with Crippen molar-refractivity contribution in [3.8, 4) is 16.5 Å². The van der Waals surface area contributed by atoms with E-state index in [9.17, 15) is 9.90 Å². The summed E-state index contributed by atoms with van der Waals surface area (Å²) in [6.45, 7) is 0.100. The van der Waals surface area contributed by atoms with E-state index in [4.69, 9.17) is 4.74 Å². The Hall–Kier alpha value is -2.73. The second kappa shape index (κ2) is 6.36. The summed E-state index contributed by atoms with van der Waals surface area (Å²) in [4.78, 5) is 20.5. The largest absolute Gasteiger partial charge is 0.508 e. The zero-order chi connectivity index (χ0) is 15.4. The van der Waals surface area contributed by atoms with Crippen LogP contribution in [0.5, 0.6) is 5.75 Å². The van der Waals surface area contributed by atoms with Crippen molar-refractivity contribution in [2.75, 3.05) is 0 Å². The number of pyridine rings is 1. The SMILES string of the molecule is O=C(OCc1csc(-c2ccccn2)n1)c1ccc(O)cc1. The van der Waals surface area contributed by atoms with Gasteiger partial charge in [0.1, 0.15) is 17.4 Å². The maximum Gasteiger partial charge on any atom is 0.338 e. The van der Waals surface area contributed by atoms with Crippen molar-refractivity contribution in [3.05, 3.63) is 65.3 Å². The Morgan fingerprint density at radius 3 is 2.73 bits per heavy atom. The van der Waals surface area contributed by atoms with E-state index in [1.54, 1.807) is 6.20 Å². The van der Waals surface area contributed by atoms with Crippen LogP contribution in [0.4, 0.5) is 0 Å². The van der Waals surface area contributed by atoms with Crippen LogP contribution in [0.15, 0.2) is 54.0 Å². The van der Waals surface area contributed by atoms with Gasteiger partial charge in [-0.25, -0.2) is 9.78 Å². The number of phenolic OH excluding ortho intramolecular Hbond substituents is 1. The lowest BCUT2D eigenvalue weighted by molar-refractivity contribution is 0.0468. The highest BCUT2D eigenvalue weighted by molar-refractivity contribution is 7.13. The number of aromatic nitrogens is 2. The van der Waals surface area contributed by atoms with Crippen LogP contribution in [0.1, 0.15) is 16.1 Å². The lowest BCUT2D eigenvalue weighted by Gasteiger charge is -2.02. The molecule has 0 amide bonds. The van der Waals surface area contributed by atoms with Gasteiger partial charge in [0, 0.05) is 11.6 Å². The molecule has 0 spiro atoms. The number of phenols is 1. The highest BCUT2D eigenvalue weighted by Gasteiger charge is 2.10. The zero-order valence-electron chi connectivity index (χ0n) is 11.5. The molecule has 0 aliphatic heterocycles. The van der Waals surface area contributed by atoms with Gasteiger partial charge >= 0.3 is 5.97 Å². The number of rotatable bonds is 4. The zero-order valence-corrected chi connectivity index (χ0v) is 12.3. The summed E-state index contributed by atoms with van der Waals surface area (Å²) in [6, 6.07) is 11.5. The Labute approximate surface area is 130 Å². The van der Waals surface area contributed by atoms with Gasteiger partial charge in [-0.1, -0.05) is 6.07 Å². The van der Waals surface area contributed by atoms with Crippen LogP contribution in [-0.4, -0.2) is 21.0 Å². The van der Waals surface area contributed by atoms with Crippen molar-refractivity contribution >= 4 is 17.3 Å². The molecule has 0 unspecified atom stereocenters. The Morgan fingerprint density at radius 2 is 2.00 bits per heavy atom. The topological polar surface area (TPSA) is 72.3 Å². The fraction of sp³-hybridized carbons (Fsp3) is 0.0625. The first kappa shape index (κ1) is 14.2. The number of carbonyl (C=O) groups excluding carboxylic acids is 1. The molecule has 1 aromatic carbocycles. The summed E-state index contributed by atoms with van der Waals surface area (Å²) >= 11 is 1.45. The van der Waals surface area contributed by atoms with E-state index in [0.717, 1.165) is 10.7 Å². The van der Waals surface area contributed by atoms with Gasteiger partial charge in [-0.2, -0.15) is 0 Å². The molecule has 22 heavy (non-hydrogen) atoms. The Kier molecular flexibility index (Phi) is 4.11. The van der Waals surface area contributed by atoms with Crippen molar-refractivity contribution in [2.45, 2.75) is 6.61 Å². The lowest BCUT2D eigenvalue weighted by Crippen LogP contribution is -2.05. The molecule has 3 rings (SSSR count). The monoisotopic (exact) mass is 312 g/mol. The third kappa shape index (κ3) is 3.29. The van der Waals surface area contributed by atoms with Crippen LogP contribution in [0, 0.1) is 0 Å². The van der Waals surface area contributed by atoms with Crippen LogP contribution >= 0.6 is 11.3 Å². The molecule has 0 aliphatic rings. The van der Waals surface area contributed by atoms with Crippen molar-refractivity contribution in [3.63, 3.8) is 0 Å². The van der Waals surface area contributed by atoms with Gasteiger partial charge in [0.25, 0.3) is 0 Å². The summed E-state index contributed by atoms with van der Waals surface area (Å²) in [5.74, 6) is -0.344. The van der Waals surface area contributed by atoms with E-state index in [2.05, 4.69) is 9.97 Å². The van der Waals surface area contributed by atoms with Crippen molar-refractivity contribution in [1.82, 2.24) is 9.97 Å². The number of hydrogen-bond donors (Lipinski definition) is 1. The van der Waals surface area contributed by atoms with Crippen LogP contribution in [0.3, 0.4) is 0 Å². The van der Waals surface area contributed by atoms with Gasteiger partial charge in [0.05, 0.1) is 17.0 Å². The molecule has 0 fully saturated rings. The highest BCUT2D eigenvalue weighted by Crippen LogP contribution is 2.22. The molecule has 5 nitrogen and oxygen atoms in total. The van der Waals surface area contributed by atoms with Crippen LogP contribution in [0.2, 0.25) is 0 Å². The van der Waals surface area contributed by atoms with Gasteiger partial charge in [-0.15, -0.1) is 11.3 Å². The molecular formula is C16H12N2O3S. The average molecular weight is 312 g/mol. The first-order chi connectivity index (χ1) is 10.7. The Morgan fingerprint density at radius 1 is 1.18 bits per heavy atom. The number of carbonyl (C=O) groups is 1. The van der Waals surface area contributed by atoms with E-state index in [1.807, 2.05) is 23.6 Å². The first-order valence-corrected chi connectivity index (χ1v) is 7.42. The van der Waals surface area contributed by atoms with Crippen LogP contribution in [-0.2, 0) is 11.3 Å². The second-order valence-corrected chi connectivity index (χ2v) is 5.34. The molecule has 2 heterocycles. The minimum absolute atomic E-state index is 0.100. The van der Waals surface area contributed by atoms with E-state index in [1.165, 1.54) is 35.6 Å². The highest BCUT2D eigenvalue weighted by atomic mass is 32.1. The minimum atomic E-state index is -0.451. The summed E-state index contributed by atoms with van der Waals surface area (Å²) in [5, 5.41) is 11.8. The first-order valence-electron chi connectivity index (χ1n) is 6.54. The molecule has 6 heteroatoms. The van der Waals surface area contributed by atoms with Gasteiger partial charge in [0.2, 0.25) is 0 Å². The van der Waals surface area contributed by atoms with E-state index in [-0.39, 0.29) is 12.4 Å². The maximum atomic E-state index is 11.9. The van der Waals surface area contributed by atoms with Gasteiger partial charge in [0.15, 0.2) is 0 Å². The third-order valence-electron chi connectivity index (χ3n) is 2.89. The van der Waals surface area contributed by atoms with Gasteiger partial charge in [-0.05, 0) is 36.4 Å². The number of esters is 1. The molecule has 1 N–H and O–H groups in total. The van der Waals surface area contributed by atoms with E-state index in [0.29, 0.717) is 11.3 Å². The molecular weight excluding hydrogens is 300 g/mol. The lowest BCUT2D eigenvalue weighted by atomic mass is 10.2. The molecule has 0 saturated heterocycles. The number of ether oxygens (including phenoxy) is 1. The normalized spacial score (nSPS) is 10.4. The van der Waals surface area contributed by atoms with Crippen molar-refractivity contribution < 1.29 is 14.6 Å². The van der Waals surface area contributed by atoms with Crippen molar-refractivity contribution in [1.29, 1.82) is 0 Å². The molecule has 3 aromatic rings. The predicted octanol–water partition coefficient (Wildman–Crippen LogP) is 3.27. The molecule has 2 aromatic heterocycles. The molecule has 0 atom stereocenters. The summed E-state index contributed by atoms with van der Waals surface area (Å²) in [7, 11) is 0. The smallest absolute Gasteiger partial charge is 0.338 e. The number of benzene rings is 1. The molecule has 0 radical (unpaired) electrons. The van der Waals surface area contributed by atoms with Gasteiger partial charge in [-0.3, -0.25) is 4.98 Å². The summed E-state index contributed by atoms with van der Waals surface area (Å²) in [5.41, 5.74) is 1.86. The predicted molar refractivity (Wildman–Crippen MR) is 82.6 cm³/mol. The molecule has 0 bridgehead atoms. The molecule has 0 saturated carbocycles. The number of aromatic hydroxyl groups is 1. The fourth-order valence-electron chi connectivity index (χ4n) is 1.80. The summed E-state index contributed by atoms with van der Waals surface area (Å²) in [6.07, 6.45) is 1.71. The quantitative estimate of drug-likeness (QED) is 0.749. The number of hydrogen-bond acceptors (Lipinski definition) is 6. The minimum Gasteiger partial charge on any atom is -0.508 e. The summed E-state index contributed by atoms with van der Waals surface area (Å²) < 4.78 is 5.21. The van der Waals surface area contributed by atoms with E-state index < -0.39 is 5.97 Å². The van der Waals surface area contributed by atoms with E-state index >= 15 is 0 Å². The maximum absolute atomic E-state index is 11.9. The number of thiazole rings is 1. The van der Waals surface area contributed by atoms with Gasteiger partial charge < -0.3 is 9.84 Å². The third-order valence-corrected chi connectivity index (χ3v) is 3.80. The van der Waals surface area contributed by atoms with Crippen LogP contribution in [0.25, 0.3) is 10.7 Å². The Bertz CT molecular complexity index is 770. The van der Waals surface area contributed by atoms with Crippen LogP contribution < -0.4 is 0 Å². The fourth-order valence-corrected chi connectivity index (χ4v) is 2.58. The standard InChI is InChI=1S/C16H12N2O3S/c19-13-6-4-11(5-7-13)16(20)21-9-12-10-22-15(18-12)14-3-1-2-8-17-14/h1-8,10,19H,9H2. The average Bonchev–Trinajstić information content (AvgIpc) is 3.03. The second-order valence-electron chi connectivity index (χ2n) is 4.48. The number of nitrogens with zero attached hydrogens (tertiary/aromatic N) is 2. The Balaban J connectivity index is 1.64. The molecule has 110 valence electrons.